The van der Waals surface area contributed by atoms with E-state index in [9.17, 15) is 0 Å². The lowest BCUT2D eigenvalue weighted by molar-refractivity contribution is 0.285. The van der Waals surface area contributed by atoms with E-state index in [4.69, 9.17) is 0 Å². The lowest BCUT2D eigenvalue weighted by atomic mass is 9.66. The van der Waals surface area contributed by atoms with E-state index in [1.807, 2.05) is 0 Å². The van der Waals surface area contributed by atoms with Gasteiger partial charge in [-0.25, -0.2) is 0 Å². The van der Waals surface area contributed by atoms with Crippen molar-refractivity contribution in [3.8, 4) is 0 Å². The summed E-state index contributed by atoms with van der Waals surface area (Å²) in [5.41, 5.74) is 3.28. The summed E-state index contributed by atoms with van der Waals surface area (Å²) in [6.07, 6.45) is 8.76. The van der Waals surface area contributed by atoms with Crippen molar-refractivity contribution < 1.29 is 0 Å². The van der Waals surface area contributed by atoms with Crippen LogP contribution in [0.4, 0.5) is 0 Å². The highest BCUT2D eigenvalue weighted by molar-refractivity contribution is 5.40. The standard InChI is InChI=1S/C14H18/c1-2-6-11(7-3-1)14-10-12-8-4-5-9-13(12)14/h4-5,8-9,11,14H,1-3,6-7,10H2. The van der Waals surface area contributed by atoms with Crippen LogP contribution < -0.4 is 0 Å². The summed E-state index contributed by atoms with van der Waals surface area (Å²) in [6, 6.07) is 9.02. The first-order chi connectivity index (χ1) is 6.95. The van der Waals surface area contributed by atoms with Crippen molar-refractivity contribution in [2.45, 2.75) is 44.4 Å². The van der Waals surface area contributed by atoms with Crippen LogP contribution in [0, 0.1) is 5.92 Å². The van der Waals surface area contributed by atoms with Crippen molar-refractivity contribution in [2.75, 3.05) is 0 Å². The zero-order chi connectivity index (χ0) is 9.38. The largest absolute Gasteiger partial charge is 0.0620 e. The van der Waals surface area contributed by atoms with Crippen LogP contribution in [0.2, 0.25) is 0 Å². The van der Waals surface area contributed by atoms with Gasteiger partial charge in [-0.1, -0.05) is 43.5 Å². The van der Waals surface area contributed by atoms with E-state index in [0.29, 0.717) is 0 Å². The van der Waals surface area contributed by atoms with Crippen LogP contribution in [-0.4, -0.2) is 0 Å². The van der Waals surface area contributed by atoms with E-state index in [2.05, 4.69) is 24.3 Å². The fourth-order valence-corrected chi connectivity index (χ4v) is 3.25. The fourth-order valence-electron chi connectivity index (χ4n) is 3.25. The SMILES string of the molecule is c1ccc2c(c1)CC2C1CCCCC1. The Bertz CT molecular complexity index is 321. The molecule has 3 rings (SSSR count). The van der Waals surface area contributed by atoms with Gasteiger partial charge in [-0.2, -0.15) is 0 Å². The van der Waals surface area contributed by atoms with E-state index in [1.165, 1.54) is 38.5 Å². The molecule has 1 aromatic rings. The molecule has 0 aromatic heterocycles. The number of hydrogen-bond donors (Lipinski definition) is 0. The highest BCUT2D eigenvalue weighted by Crippen LogP contribution is 2.45. The first-order valence-corrected chi connectivity index (χ1v) is 6.03. The first kappa shape index (κ1) is 8.52. The van der Waals surface area contributed by atoms with Gasteiger partial charge in [0.2, 0.25) is 0 Å². The van der Waals surface area contributed by atoms with Crippen molar-refractivity contribution in [1.29, 1.82) is 0 Å². The second-order valence-electron chi connectivity index (χ2n) is 4.91. The molecule has 0 radical (unpaired) electrons. The molecule has 0 heteroatoms. The molecule has 2 aliphatic rings. The quantitative estimate of drug-likeness (QED) is 0.624. The Kier molecular flexibility index (Phi) is 2.08. The Balaban J connectivity index is 1.77. The molecule has 1 aromatic carbocycles. The zero-order valence-electron chi connectivity index (χ0n) is 8.71. The Morgan fingerprint density at radius 1 is 0.929 bits per heavy atom. The van der Waals surface area contributed by atoms with Crippen LogP contribution in [0.3, 0.4) is 0 Å². The van der Waals surface area contributed by atoms with Gasteiger partial charge >= 0.3 is 0 Å². The Morgan fingerprint density at radius 3 is 2.50 bits per heavy atom. The molecule has 0 nitrogen and oxygen atoms in total. The molecule has 1 fully saturated rings. The maximum Gasteiger partial charge on any atom is -0.00903 e. The predicted octanol–water partition coefficient (Wildman–Crippen LogP) is 3.91. The maximum atomic E-state index is 2.35. The number of hydrogen-bond acceptors (Lipinski definition) is 0. The van der Waals surface area contributed by atoms with Crippen molar-refractivity contribution in [3.05, 3.63) is 35.4 Å². The summed E-state index contributed by atoms with van der Waals surface area (Å²) in [5.74, 6) is 1.94. The molecule has 1 saturated carbocycles. The predicted molar refractivity (Wildman–Crippen MR) is 59.5 cm³/mol. The van der Waals surface area contributed by atoms with Crippen LogP contribution in [0.5, 0.6) is 0 Å². The van der Waals surface area contributed by atoms with E-state index in [1.54, 1.807) is 11.1 Å². The van der Waals surface area contributed by atoms with E-state index in [-0.39, 0.29) is 0 Å². The molecule has 0 heterocycles. The van der Waals surface area contributed by atoms with Gasteiger partial charge in [0.15, 0.2) is 0 Å². The molecule has 0 aliphatic heterocycles. The Labute approximate surface area is 86.3 Å². The lowest BCUT2D eigenvalue weighted by Gasteiger charge is -2.38. The summed E-state index contributed by atoms with van der Waals surface area (Å²) in [7, 11) is 0. The second kappa shape index (κ2) is 3.42. The molecule has 0 spiro atoms. The average molecular weight is 186 g/mol. The van der Waals surface area contributed by atoms with Gasteiger partial charge in [-0.3, -0.25) is 0 Å². The van der Waals surface area contributed by atoms with Crippen LogP contribution >= 0.6 is 0 Å². The molecule has 0 bridgehead atoms. The minimum Gasteiger partial charge on any atom is -0.0620 e. The van der Waals surface area contributed by atoms with Gasteiger partial charge in [-0.15, -0.1) is 0 Å². The summed E-state index contributed by atoms with van der Waals surface area (Å²) in [4.78, 5) is 0. The number of rotatable bonds is 1. The molecular weight excluding hydrogens is 168 g/mol. The van der Waals surface area contributed by atoms with Crippen LogP contribution in [0.25, 0.3) is 0 Å². The van der Waals surface area contributed by atoms with E-state index < -0.39 is 0 Å². The second-order valence-corrected chi connectivity index (χ2v) is 4.91. The van der Waals surface area contributed by atoms with Gasteiger partial charge in [0.05, 0.1) is 0 Å². The monoisotopic (exact) mass is 186 g/mol. The lowest BCUT2D eigenvalue weighted by Crippen LogP contribution is -2.26. The number of fused-ring (bicyclic) bond motifs is 1. The van der Waals surface area contributed by atoms with Gasteiger partial charge in [0, 0.05) is 0 Å². The van der Waals surface area contributed by atoms with Crippen LogP contribution in [0.1, 0.15) is 49.1 Å². The summed E-state index contributed by atoms with van der Waals surface area (Å²) in [5, 5.41) is 0. The zero-order valence-corrected chi connectivity index (χ0v) is 8.71. The third-order valence-electron chi connectivity index (χ3n) is 4.11. The molecule has 1 atom stereocenters. The summed E-state index contributed by atoms with van der Waals surface area (Å²) in [6.45, 7) is 0. The summed E-state index contributed by atoms with van der Waals surface area (Å²) >= 11 is 0. The highest BCUT2D eigenvalue weighted by Gasteiger charge is 2.32. The highest BCUT2D eigenvalue weighted by atomic mass is 14.4. The van der Waals surface area contributed by atoms with Crippen LogP contribution in [0.15, 0.2) is 24.3 Å². The summed E-state index contributed by atoms with van der Waals surface area (Å²) < 4.78 is 0. The molecule has 0 amide bonds. The minimum atomic E-state index is 0.923. The van der Waals surface area contributed by atoms with Crippen molar-refractivity contribution in [1.82, 2.24) is 0 Å². The molecule has 14 heavy (non-hydrogen) atoms. The average Bonchev–Trinajstić information content (AvgIpc) is 2.22. The Hall–Kier alpha value is -0.780. The molecule has 1 unspecified atom stereocenters. The molecule has 0 N–H and O–H groups in total. The fraction of sp³-hybridized carbons (Fsp3) is 0.571. The van der Waals surface area contributed by atoms with Crippen molar-refractivity contribution >= 4 is 0 Å². The first-order valence-electron chi connectivity index (χ1n) is 6.03. The van der Waals surface area contributed by atoms with Crippen LogP contribution in [-0.2, 0) is 6.42 Å². The van der Waals surface area contributed by atoms with Gasteiger partial charge in [-0.05, 0) is 42.2 Å². The van der Waals surface area contributed by atoms with Crippen molar-refractivity contribution in [3.63, 3.8) is 0 Å². The molecule has 74 valence electrons. The van der Waals surface area contributed by atoms with E-state index >= 15 is 0 Å². The topological polar surface area (TPSA) is 0 Å². The molecular formula is C14H18. The third-order valence-corrected chi connectivity index (χ3v) is 4.11. The maximum absolute atomic E-state index is 2.35. The number of benzene rings is 1. The normalized spacial score (nSPS) is 26.7. The van der Waals surface area contributed by atoms with E-state index in [0.717, 1.165) is 11.8 Å². The molecule has 0 saturated heterocycles. The van der Waals surface area contributed by atoms with Gasteiger partial charge in [0.1, 0.15) is 0 Å². The van der Waals surface area contributed by atoms with Gasteiger partial charge in [0.25, 0.3) is 0 Å². The molecule has 2 aliphatic carbocycles. The van der Waals surface area contributed by atoms with Gasteiger partial charge < -0.3 is 0 Å². The minimum absolute atomic E-state index is 0.923. The van der Waals surface area contributed by atoms with Crippen molar-refractivity contribution in [2.24, 2.45) is 5.92 Å². The third kappa shape index (κ3) is 1.28. The smallest absolute Gasteiger partial charge is 0.00903 e. The Morgan fingerprint density at radius 2 is 1.71 bits per heavy atom.